The molecular weight excluding hydrogens is 288 g/mol. The molecule has 0 radical (unpaired) electrons. The van der Waals surface area contributed by atoms with Crippen molar-refractivity contribution in [2.24, 2.45) is 0 Å². The number of rotatable bonds is 4. The Bertz CT molecular complexity index is 852. The van der Waals surface area contributed by atoms with Gasteiger partial charge in [0.2, 0.25) is 0 Å². The average Bonchev–Trinajstić information content (AvgIpc) is 3.33. The first kappa shape index (κ1) is 13.9. The number of nitrogens with zero attached hydrogens (tertiary/aromatic N) is 3. The largest absolute Gasteiger partial charge is 0.342 e. The van der Waals surface area contributed by atoms with Crippen LogP contribution in [0.15, 0.2) is 42.7 Å². The van der Waals surface area contributed by atoms with Crippen molar-refractivity contribution < 1.29 is 4.79 Å². The molecule has 0 atom stereocenters. The van der Waals surface area contributed by atoms with Gasteiger partial charge in [-0.2, -0.15) is 0 Å². The van der Waals surface area contributed by atoms with Crippen LogP contribution >= 0.6 is 0 Å². The number of fused-ring (bicyclic) bond motifs is 1. The van der Waals surface area contributed by atoms with E-state index in [0.29, 0.717) is 18.2 Å². The van der Waals surface area contributed by atoms with E-state index in [2.05, 4.69) is 15.0 Å². The summed E-state index contributed by atoms with van der Waals surface area (Å²) < 4.78 is 0. The van der Waals surface area contributed by atoms with E-state index in [1.165, 1.54) is 0 Å². The highest BCUT2D eigenvalue weighted by molar-refractivity contribution is 5.97. The molecule has 0 saturated heterocycles. The van der Waals surface area contributed by atoms with Gasteiger partial charge in [-0.05, 0) is 49.6 Å². The van der Waals surface area contributed by atoms with E-state index < -0.39 is 0 Å². The molecule has 0 aliphatic heterocycles. The van der Waals surface area contributed by atoms with E-state index in [1.807, 2.05) is 48.4 Å². The molecule has 1 N–H and O–H groups in total. The van der Waals surface area contributed by atoms with Gasteiger partial charge in [0, 0.05) is 30.5 Å². The monoisotopic (exact) mass is 306 g/mol. The van der Waals surface area contributed by atoms with Crippen LogP contribution in [0.3, 0.4) is 0 Å². The third-order valence-electron chi connectivity index (χ3n) is 4.17. The Labute approximate surface area is 134 Å². The molecule has 0 spiro atoms. The number of H-pyrrole nitrogens is 1. The van der Waals surface area contributed by atoms with E-state index in [1.54, 1.807) is 6.20 Å². The molecule has 1 aromatic carbocycles. The number of nitrogens with one attached hydrogen (secondary N) is 1. The number of carbonyl (C=O) groups excluding carboxylic acids is 1. The Hall–Kier alpha value is -2.69. The van der Waals surface area contributed by atoms with Gasteiger partial charge in [0.25, 0.3) is 5.91 Å². The molecule has 4 rings (SSSR count). The fraction of sp³-hybridized carbons (Fsp3) is 0.278. The first-order valence-electron chi connectivity index (χ1n) is 7.87. The molecule has 2 heterocycles. The van der Waals surface area contributed by atoms with E-state index >= 15 is 0 Å². The summed E-state index contributed by atoms with van der Waals surface area (Å²) in [6.07, 6.45) is 5.74. The number of hydrogen-bond acceptors (Lipinski definition) is 3. The van der Waals surface area contributed by atoms with Crippen LogP contribution in [0.4, 0.5) is 0 Å². The van der Waals surface area contributed by atoms with Crippen LogP contribution < -0.4 is 0 Å². The molecule has 1 amide bonds. The van der Waals surface area contributed by atoms with Crippen LogP contribution in [0.1, 0.15) is 34.6 Å². The lowest BCUT2D eigenvalue weighted by Gasteiger charge is -2.22. The predicted octanol–water partition coefficient (Wildman–Crippen LogP) is 3.07. The summed E-state index contributed by atoms with van der Waals surface area (Å²) in [6.45, 7) is 2.53. The molecule has 1 saturated carbocycles. The smallest absolute Gasteiger partial charge is 0.254 e. The lowest BCUT2D eigenvalue weighted by Crippen LogP contribution is -2.32. The highest BCUT2D eigenvalue weighted by Gasteiger charge is 2.33. The number of benzene rings is 1. The Morgan fingerprint density at radius 1 is 1.35 bits per heavy atom. The normalized spacial score (nSPS) is 14.1. The van der Waals surface area contributed by atoms with Crippen molar-refractivity contribution in [1.29, 1.82) is 0 Å². The van der Waals surface area contributed by atoms with Gasteiger partial charge in [0.05, 0.1) is 11.0 Å². The highest BCUT2D eigenvalue weighted by Crippen LogP contribution is 2.30. The number of carbonyl (C=O) groups is 1. The number of pyridine rings is 1. The maximum absolute atomic E-state index is 13.0. The fourth-order valence-electron chi connectivity index (χ4n) is 2.88. The van der Waals surface area contributed by atoms with E-state index in [9.17, 15) is 4.79 Å². The second kappa shape index (κ2) is 5.50. The molecular formula is C18H18N4O. The van der Waals surface area contributed by atoms with Gasteiger partial charge < -0.3 is 9.88 Å². The maximum Gasteiger partial charge on any atom is 0.254 e. The fourth-order valence-corrected chi connectivity index (χ4v) is 2.88. The van der Waals surface area contributed by atoms with Crippen molar-refractivity contribution in [1.82, 2.24) is 19.9 Å². The average molecular weight is 306 g/mol. The van der Waals surface area contributed by atoms with Crippen LogP contribution in [0, 0.1) is 6.92 Å². The van der Waals surface area contributed by atoms with Crippen LogP contribution in [-0.4, -0.2) is 31.8 Å². The molecule has 1 aliphatic rings. The van der Waals surface area contributed by atoms with Gasteiger partial charge in [0.1, 0.15) is 5.82 Å². The van der Waals surface area contributed by atoms with Crippen molar-refractivity contribution in [2.45, 2.75) is 32.4 Å². The zero-order valence-corrected chi connectivity index (χ0v) is 13.0. The SMILES string of the molecule is Cc1nc2ccc(C(=O)N(Cc3cccnc3)C3CC3)cc2[nH]1. The number of aromatic nitrogens is 3. The summed E-state index contributed by atoms with van der Waals surface area (Å²) in [7, 11) is 0. The number of amides is 1. The summed E-state index contributed by atoms with van der Waals surface area (Å²) in [5.41, 5.74) is 3.57. The minimum absolute atomic E-state index is 0.0745. The van der Waals surface area contributed by atoms with Crippen molar-refractivity contribution in [3.05, 3.63) is 59.7 Å². The summed E-state index contributed by atoms with van der Waals surface area (Å²) in [4.78, 5) is 26.6. The molecule has 1 fully saturated rings. The topological polar surface area (TPSA) is 61.9 Å². The summed E-state index contributed by atoms with van der Waals surface area (Å²) >= 11 is 0. The van der Waals surface area contributed by atoms with Crippen molar-refractivity contribution >= 4 is 16.9 Å². The second-order valence-corrected chi connectivity index (χ2v) is 6.08. The number of imidazole rings is 1. The van der Waals surface area contributed by atoms with Crippen molar-refractivity contribution in [2.75, 3.05) is 0 Å². The van der Waals surface area contributed by atoms with Gasteiger partial charge in [-0.3, -0.25) is 9.78 Å². The van der Waals surface area contributed by atoms with Crippen molar-refractivity contribution in [3.8, 4) is 0 Å². The first-order valence-corrected chi connectivity index (χ1v) is 7.87. The molecule has 0 bridgehead atoms. The quantitative estimate of drug-likeness (QED) is 0.806. The third-order valence-corrected chi connectivity index (χ3v) is 4.17. The van der Waals surface area contributed by atoms with Gasteiger partial charge in [-0.1, -0.05) is 6.07 Å². The Morgan fingerprint density at radius 2 is 2.22 bits per heavy atom. The number of aryl methyl sites for hydroxylation is 1. The molecule has 116 valence electrons. The van der Waals surface area contributed by atoms with Crippen molar-refractivity contribution in [3.63, 3.8) is 0 Å². The Morgan fingerprint density at radius 3 is 2.96 bits per heavy atom. The molecule has 23 heavy (non-hydrogen) atoms. The zero-order chi connectivity index (χ0) is 15.8. The third kappa shape index (κ3) is 2.82. The summed E-state index contributed by atoms with van der Waals surface area (Å²) in [5.74, 6) is 0.935. The summed E-state index contributed by atoms with van der Waals surface area (Å²) in [6, 6.07) is 9.93. The predicted molar refractivity (Wildman–Crippen MR) is 88.0 cm³/mol. The standard InChI is InChI=1S/C18H18N4O/c1-12-20-16-7-4-14(9-17(16)21-12)18(23)22(15-5-6-15)11-13-3-2-8-19-10-13/h2-4,7-10,15H,5-6,11H2,1H3,(H,20,21). The number of hydrogen-bond donors (Lipinski definition) is 1. The van der Waals surface area contributed by atoms with E-state index in [0.717, 1.165) is 35.3 Å². The van der Waals surface area contributed by atoms with E-state index in [-0.39, 0.29) is 5.91 Å². The second-order valence-electron chi connectivity index (χ2n) is 6.08. The molecule has 5 heteroatoms. The van der Waals surface area contributed by atoms with E-state index in [4.69, 9.17) is 0 Å². The Kier molecular flexibility index (Phi) is 3.33. The van der Waals surface area contributed by atoms with Gasteiger partial charge in [-0.25, -0.2) is 4.98 Å². The molecule has 2 aromatic heterocycles. The molecule has 1 aliphatic carbocycles. The van der Waals surface area contributed by atoms with Gasteiger partial charge >= 0.3 is 0 Å². The van der Waals surface area contributed by atoms with Gasteiger partial charge in [0.15, 0.2) is 0 Å². The summed E-state index contributed by atoms with van der Waals surface area (Å²) in [5, 5.41) is 0. The van der Waals surface area contributed by atoms with Crippen LogP contribution in [0.5, 0.6) is 0 Å². The van der Waals surface area contributed by atoms with Gasteiger partial charge in [-0.15, -0.1) is 0 Å². The van der Waals surface area contributed by atoms with Crippen LogP contribution in [0.2, 0.25) is 0 Å². The lowest BCUT2D eigenvalue weighted by molar-refractivity contribution is 0.0730. The highest BCUT2D eigenvalue weighted by atomic mass is 16.2. The first-order chi connectivity index (χ1) is 11.2. The molecule has 3 aromatic rings. The minimum Gasteiger partial charge on any atom is -0.342 e. The lowest BCUT2D eigenvalue weighted by atomic mass is 10.1. The Balaban J connectivity index is 1.63. The minimum atomic E-state index is 0.0745. The zero-order valence-electron chi connectivity index (χ0n) is 13.0. The maximum atomic E-state index is 13.0. The molecule has 0 unspecified atom stereocenters. The van der Waals surface area contributed by atoms with Crippen LogP contribution in [-0.2, 0) is 6.54 Å². The molecule has 5 nitrogen and oxygen atoms in total. The van der Waals surface area contributed by atoms with Crippen LogP contribution in [0.25, 0.3) is 11.0 Å². The number of aromatic amines is 1.